The standard InChI is InChI=1S/C19H18N4/c1-23-11-20-10-17(23)19-13-5-3-2-4-12(13)18-14-8-9-21-15(14)6-7-16(18)22-19/h6-11,21H,2-5H2,1H3. The van der Waals surface area contributed by atoms with E-state index in [0.717, 1.165) is 29.7 Å². The van der Waals surface area contributed by atoms with E-state index in [2.05, 4.69) is 32.7 Å². The number of aromatic nitrogens is 4. The predicted octanol–water partition coefficient (Wildman–Crippen LogP) is 4.00. The second-order valence-corrected chi connectivity index (χ2v) is 6.41. The van der Waals surface area contributed by atoms with Gasteiger partial charge in [0.15, 0.2) is 0 Å². The molecule has 0 radical (unpaired) electrons. The molecule has 3 aromatic heterocycles. The third-order valence-corrected chi connectivity index (χ3v) is 5.06. The van der Waals surface area contributed by atoms with Crippen molar-refractivity contribution in [2.75, 3.05) is 0 Å². The van der Waals surface area contributed by atoms with Gasteiger partial charge in [-0.3, -0.25) is 0 Å². The van der Waals surface area contributed by atoms with Gasteiger partial charge in [0.2, 0.25) is 0 Å². The average Bonchev–Trinajstić information content (AvgIpc) is 3.22. The second kappa shape index (κ2) is 4.69. The second-order valence-electron chi connectivity index (χ2n) is 6.41. The van der Waals surface area contributed by atoms with Crippen LogP contribution in [0.1, 0.15) is 24.0 Å². The Bertz CT molecular complexity index is 1040. The van der Waals surface area contributed by atoms with Gasteiger partial charge in [0.25, 0.3) is 0 Å². The number of hydrogen-bond acceptors (Lipinski definition) is 2. The van der Waals surface area contributed by atoms with Gasteiger partial charge in [0.1, 0.15) is 0 Å². The van der Waals surface area contributed by atoms with Gasteiger partial charge < -0.3 is 9.55 Å². The highest BCUT2D eigenvalue weighted by Crippen LogP contribution is 2.37. The van der Waals surface area contributed by atoms with Crippen molar-refractivity contribution in [3.05, 3.63) is 48.0 Å². The number of pyridine rings is 1. The van der Waals surface area contributed by atoms with Crippen LogP contribution in [0.3, 0.4) is 0 Å². The topological polar surface area (TPSA) is 46.5 Å². The number of H-pyrrole nitrogens is 1. The van der Waals surface area contributed by atoms with Crippen molar-refractivity contribution in [1.29, 1.82) is 0 Å². The van der Waals surface area contributed by atoms with Crippen molar-refractivity contribution in [3.63, 3.8) is 0 Å². The summed E-state index contributed by atoms with van der Waals surface area (Å²) in [5, 5.41) is 2.63. The van der Waals surface area contributed by atoms with Gasteiger partial charge in [-0.25, -0.2) is 9.97 Å². The number of hydrogen-bond donors (Lipinski definition) is 1. The molecular formula is C19H18N4. The number of nitrogens with one attached hydrogen (secondary N) is 1. The number of aryl methyl sites for hydroxylation is 2. The molecule has 4 heteroatoms. The van der Waals surface area contributed by atoms with E-state index in [9.17, 15) is 0 Å². The first kappa shape index (κ1) is 12.9. The van der Waals surface area contributed by atoms with Gasteiger partial charge in [-0.05, 0) is 55.0 Å². The van der Waals surface area contributed by atoms with Crippen LogP contribution >= 0.6 is 0 Å². The first-order valence-electron chi connectivity index (χ1n) is 8.21. The Labute approximate surface area is 134 Å². The van der Waals surface area contributed by atoms with E-state index in [0.29, 0.717) is 0 Å². The molecule has 5 rings (SSSR count). The lowest BCUT2D eigenvalue weighted by atomic mass is 9.86. The molecule has 4 aromatic rings. The van der Waals surface area contributed by atoms with Gasteiger partial charge >= 0.3 is 0 Å². The Morgan fingerprint density at radius 3 is 2.78 bits per heavy atom. The first-order valence-corrected chi connectivity index (χ1v) is 8.21. The molecule has 0 unspecified atom stereocenters. The van der Waals surface area contributed by atoms with Gasteiger partial charge in [0, 0.05) is 29.5 Å². The molecule has 4 nitrogen and oxygen atoms in total. The number of nitrogens with zero attached hydrogens (tertiary/aromatic N) is 3. The fourth-order valence-corrected chi connectivity index (χ4v) is 3.96. The third-order valence-electron chi connectivity index (χ3n) is 5.06. The minimum atomic E-state index is 1.09. The maximum atomic E-state index is 5.05. The van der Waals surface area contributed by atoms with Crippen LogP contribution in [-0.4, -0.2) is 19.5 Å². The fraction of sp³-hybridized carbons (Fsp3) is 0.263. The van der Waals surface area contributed by atoms with Crippen LogP contribution < -0.4 is 0 Å². The van der Waals surface area contributed by atoms with E-state index in [1.54, 1.807) is 0 Å². The molecule has 1 aromatic carbocycles. The van der Waals surface area contributed by atoms with Gasteiger partial charge in [0.05, 0.1) is 29.4 Å². The maximum absolute atomic E-state index is 5.05. The number of fused-ring (bicyclic) bond motifs is 5. The lowest BCUT2D eigenvalue weighted by Gasteiger charge is -2.21. The zero-order valence-electron chi connectivity index (χ0n) is 13.1. The summed E-state index contributed by atoms with van der Waals surface area (Å²) in [4.78, 5) is 12.7. The van der Waals surface area contributed by atoms with Crippen LogP contribution in [0.25, 0.3) is 33.2 Å². The largest absolute Gasteiger partial charge is 0.361 e. The maximum Gasteiger partial charge on any atom is 0.0948 e. The van der Waals surface area contributed by atoms with E-state index in [1.807, 2.05) is 25.8 Å². The molecule has 0 saturated heterocycles. The lowest BCUT2D eigenvalue weighted by molar-refractivity contribution is 0.688. The zero-order chi connectivity index (χ0) is 15.4. The summed E-state index contributed by atoms with van der Waals surface area (Å²) in [6.07, 6.45) is 10.6. The molecule has 23 heavy (non-hydrogen) atoms. The quantitative estimate of drug-likeness (QED) is 0.578. The van der Waals surface area contributed by atoms with Crippen molar-refractivity contribution in [2.45, 2.75) is 25.7 Å². The van der Waals surface area contributed by atoms with Crippen molar-refractivity contribution in [2.24, 2.45) is 7.05 Å². The first-order chi connectivity index (χ1) is 11.3. The summed E-state index contributed by atoms with van der Waals surface area (Å²) < 4.78 is 2.07. The zero-order valence-corrected chi connectivity index (χ0v) is 13.1. The molecular weight excluding hydrogens is 284 g/mol. The minimum absolute atomic E-state index is 1.09. The van der Waals surface area contributed by atoms with E-state index in [-0.39, 0.29) is 0 Å². The molecule has 0 amide bonds. The number of benzene rings is 1. The average molecular weight is 302 g/mol. The lowest BCUT2D eigenvalue weighted by Crippen LogP contribution is -2.09. The van der Waals surface area contributed by atoms with Crippen LogP contribution in [-0.2, 0) is 19.9 Å². The van der Waals surface area contributed by atoms with Gasteiger partial charge in [-0.1, -0.05) is 0 Å². The van der Waals surface area contributed by atoms with E-state index in [1.165, 1.54) is 40.3 Å². The fourth-order valence-electron chi connectivity index (χ4n) is 3.96. The van der Waals surface area contributed by atoms with Crippen LogP contribution in [0.5, 0.6) is 0 Å². The normalized spacial score (nSPS) is 14.5. The van der Waals surface area contributed by atoms with Crippen molar-refractivity contribution in [3.8, 4) is 11.4 Å². The predicted molar refractivity (Wildman–Crippen MR) is 92.4 cm³/mol. The molecule has 0 fully saturated rings. The van der Waals surface area contributed by atoms with E-state index < -0.39 is 0 Å². The van der Waals surface area contributed by atoms with Crippen LogP contribution in [0.4, 0.5) is 0 Å². The summed E-state index contributed by atoms with van der Waals surface area (Å²) in [5.74, 6) is 0. The van der Waals surface area contributed by atoms with Crippen LogP contribution in [0, 0.1) is 0 Å². The highest BCUT2D eigenvalue weighted by molar-refractivity contribution is 6.08. The Morgan fingerprint density at radius 2 is 1.96 bits per heavy atom. The summed E-state index contributed by atoms with van der Waals surface area (Å²) in [5.41, 5.74) is 7.42. The summed E-state index contributed by atoms with van der Waals surface area (Å²) in [6, 6.07) is 6.45. The van der Waals surface area contributed by atoms with Gasteiger partial charge in [-0.15, -0.1) is 0 Å². The summed E-state index contributed by atoms with van der Waals surface area (Å²) >= 11 is 0. The van der Waals surface area contributed by atoms with E-state index >= 15 is 0 Å². The Balaban J connectivity index is 1.94. The molecule has 1 aliphatic rings. The molecule has 0 saturated carbocycles. The Morgan fingerprint density at radius 1 is 1.09 bits per heavy atom. The molecule has 0 atom stereocenters. The Kier molecular flexibility index (Phi) is 2.62. The molecule has 114 valence electrons. The monoisotopic (exact) mass is 302 g/mol. The molecule has 3 heterocycles. The number of aromatic amines is 1. The Hall–Kier alpha value is -2.62. The molecule has 0 bridgehead atoms. The SMILES string of the molecule is Cn1cncc1-c1nc2ccc3[nH]ccc3c2c2c1CCCC2. The molecule has 0 aliphatic heterocycles. The number of rotatable bonds is 1. The summed E-state index contributed by atoms with van der Waals surface area (Å²) in [6.45, 7) is 0. The smallest absolute Gasteiger partial charge is 0.0948 e. The van der Waals surface area contributed by atoms with Crippen molar-refractivity contribution < 1.29 is 0 Å². The third kappa shape index (κ3) is 1.78. The molecule has 1 N–H and O–H groups in total. The molecule has 1 aliphatic carbocycles. The highest BCUT2D eigenvalue weighted by Gasteiger charge is 2.21. The number of imidazole rings is 1. The highest BCUT2D eigenvalue weighted by atomic mass is 15.0. The van der Waals surface area contributed by atoms with Crippen molar-refractivity contribution >= 4 is 21.8 Å². The van der Waals surface area contributed by atoms with E-state index in [4.69, 9.17) is 4.98 Å². The minimum Gasteiger partial charge on any atom is -0.361 e. The van der Waals surface area contributed by atoms with Crippen LogP contribution in [0.2, 0.25) is 0 Å². The molecule has 0 spiro atoms. The van der Waals surface area contributed by atoms with Gasteiger partial charge in [-0.2, -0.15) is 0 Å². The van der Waals surface area contributed by atoms with Crippen molar-refractivity contribution in [1.82, 2.24) is 19.5 Å². The van der Waals surface area contributed by atoms with Crippen LogP contribution in [0.15, 0.2) is 36.9 Å². The summed E-state index contributed by atoms with van der Waals surface area (Å²) in [7, 11) is 2.04.